The summed E-state index contributed by atoms with van der Waals surface area (Å²) < 4.78 is 5.78. The Bertz CT molecular complexity index is 814. The summed E-state index contributed by atoms with van der Waals surface area (Å²) in [6.45, 7) is 7.82. The van der Waals surface area contributed by atoms with Crippen molar-refractivity contribution in [3.63, 3.8) is 0 Å². The van der Waals surface area contributed by atoms with E-state index in [0.29, 0.717) is 17.3 Å². The van der Waals surface area contributed by atoms with Crippen molar-refractivity contribution < 1.29 is 9.53 Å². The second kappa shape index (κ2) is 5.68. The Hall–Kier alpha value is -2.17. The SMILES string of the molecule is CC1(C)C[C@@H]2C[C@@](C)(CN2C(=O)COc2ncnc3ccccc23)C1. The average molecular weight is 339 g/mol. The fourth-order valence-electron chi connectivity index (χ4n) is 5.06. The molecule has 1 aliphatic carbocycles. The Kier molecular flexibility index (Phi) is 3.71. The van der Waals surface area contributed by atoms with Crippen molar-refractivity contribution in [1.82, 2.24) is 14.9 Å². The summed E-state index contributed by atoms with van der Waals surface area (Å²) in [4.78, 5) is 23.3. The maximum atomic E-state index is 12.8. The van der Waals surface area contributed by atoms with Gasteiger partial charge < -0.3 is 9.64 Å². The van der Waals surface area contributed by atoms with Gasteiger partial charge in [-0.05, 0) is 42.2 Å². The molecule has 4 rings (SSSR count). The monoisotopic (exact) mass is 339 g/mol. The van der Waals surface area contributed by atoms with Crippen LogP contribution >= 0.6 is 0 Å². The molecule has 2 atom stereocenters. The summed E-state index contributed by atoms with van der Waals surface area (Å²) in [6, 6.07) is 8.02. The fraction of sp³-hybridized carbons (Fsp3) is 0.550. The van der Waals surface area contributed by atoms with Crippen LogP contribution in [0.5, 0.6) is 5.88 Å². The number of fused-ring (bicyclic) bond motifs is 3. The van der Waals surface area contributed by atoms with Gasteiger partial charge in [-0.25, -0.2) is 9.97 Å². The molecule has 1 aromatic carbocycles. The van der Waals surface area contributed by atoms with Crippen molar-refractivity contribution in [3.8, 4) is 5.88 Å². The number of carbonyl (C=O) groups is 1. The minimum atomic E-state index is 0.0357. The Labute approximate surface area is 148 Å². The van der Waals surface area contributed by atoms with Crippen LogP contribution < -0.4 is 4.74 Å². The predicted molar refractivity (Wildman–Crippen MR) is 96.3 cm³/mol. The van der Waals surface area contributed by atoms with Gasteiger partial charge in [0, 0.05) is 12.6 Å². The number of benzene rings is 1. The average Bonchev–Trinajstić information content (AvgIpc) is 2.81. The lowest BCUT2D eigenvalue weighted by atomic mass is 9.65. The highest BCUT2D eigenvalue weighted by Crippen LogP contribution is 2.52. The van der Waals surface area contributed by atoms with E-state index in [9.17, 15) is 4.79 Å². The third-order valence-electron chi connectivity index (χ3n) is 5.57. The molecule has 5 heteroatoms. The molecule has 2 aromatic rings. The first kappa shape index (κ1) is 16.3. The van der Waals surface area contributed by atoms with Crippen molar-refractivity contribution >= 4 is 16.8 Å². The lowest BCUT2D eigenvalue weighted by Gasteiger charge is -2.39. The number of hydrogen-bond donors (Lipinski definition) is 0. The molecule has 2 aliphatic rings. The zero-order valence-corrected chi connectivity index (χ0v) is 15.2. The minimum absolute atomic E-state index is 0.0357. The fourth-order valence-corrected chi connectivity index (χ4v) is 5.06. The standard InChI is InChI=1S/C20H25N3O2/c1-19(2)8-14-9-20(3,11-19)12-23(14)17(24)10-25-18-15-6-4-5-7-16(15)21-13-22-18/h4-7,13-14H,8-12H2,1-3H3/t14-,20-/m1/s1. The van der Waals surface area contributed by atoms with E-state index in [0.717, 1.165) is 30.3 Å². The van der Waals surface area contributed by atoms with Crippen molar-refractivity contribution in [2.75, 3.05) is 13.2 Å². The summed E-state index contributed by atoms with van der Waals surface area (Å²) in [5.41, 5.74) is 1.37. The molecular formula is C20H25N3O2. The topological polar surface area (TPSA) is 55.3 Å². The molecule has 0 unspecified atom stereocenters. The third-order valence-corrected chi connectivity index (χ3v) is 5.57. The van der Waals surface area contributed by atoms with Gasteiger partial charge in [-0.15, -0.1) is 0 Å². The van der Waals surface area contributed by atoms with Crippen LogP contribution in [0.2, 0.25) is 0 Å². The van der Waals surface area contributed by atoms with Gasteiger partial charge in [0.05, 0.1) is 10.9 Å². The van der Waals surface area contributed by atoms with E-state index in [1.54, 1.807) is 0 Å². The number of rotatable bonds is 3. The number of nitrogens with zero attached hydrogens (tertiary/aromatic N) is 3. The van der Waals surface area contributed by atoms with Crippen LogP contribution in [0.3, 0.4) is 0 Å². The van der Waals surface area contributed by atoms with Crippen LogP contribution in [0.15, 0.2) is 30.6 Å². The summed E-state index contributed by atoms with van der Waals surface area (Å²) in [6.07, 6.45) is 4.84. The molecule has 5 nitrogen and oxygen atoms in total. The van der Waals surface area contributed by atoms with E-state index in [1.165, 1.54) is 12.7 Å². The van der Waals surface area contributed by atoms with Crippen LogP contribution in [-0.2, 0) is 4.79 Å². The maximum Gasteiger partial charge on any atom is 0.260 e. The molecule has 1 saturated heterocycles. The first-order chi connectivity index (χ1) is 11.9. The van der Waals surface area contributed by atoms with Crippen molar-refractivity contribution in [2.45, 2.75) is 46.1 Å². The Morgan fingerprint density at radius 1 is 1.24 bits per heavy atom. The first-order valence-corrected chi connectivity index (χ1v) is 8.97. The van der Waals surface area contributed by atoms with Gasteiger partial charge in [0.2, 0.25) is 5.88 Å². The van der Waals surface area contributed by atoms with E-state index < -0.39 is 0 Å². The van der Waals surface area contributed by atoms with Crippen molar-refractivity contribution in [3.05, 3.63) is 30.6 Å². The van der Waals surface area contributed by atoms with Crippen LogP contribution in [-0.4, -0.2) is 40.0 Å². The molecular weight excluding hydrogens is 314 g/mol. The van der Waals surface area contributed by atoms with E-state index >= 15 is 0 Å². The van der Waals surface area contributed by atoms with Crippen LogP contribution in [0.25, 0.3) is 10.9 Å². The normalized spacial score (nSPS) is 27.5. The van der Waals surface area contributed by atoms with Crippen molar-refractivity contribution in [2.24, 2.45) is 10.8 Å². The highest BCUT2D eigenvalue weighted by molar-refractivity contribution is 5.84. The Morgan fingerprint density at radius 2 is 2.04 bits per heavy atom. The molecule has 1 aromatic heterocycles. The number of carbonyl (C=O) groups excluding carboxylic acids is 1. The largest absolute Gasteiger partial charge is 0.467 e. The highest BCUT2D eigenvalue weighted by atomic mass is 16.5. The van der Waals surface area contributed by atoms with Gasteiger partial charge in [0.15, 0.2) is 6.61 Å². The second-order valence-corrected chi connectivity index (χ2v) is 8.72. The molecule has 1 saturated carbocycles. The predicted octanol–water partition coefficient (Wildman–Crippen LogP) is 3.44. The molecule has 0 N–H and O–H groups in total. The zero-order chi connectivity index (χ0) is 17.7. The molecule has 132 valence electrons. The number of ether oxygens (including phenoxy) is 1. The molecule has 1 aliphatic heterocycles. The molecule has 2 bridgehead atoms. The molecule has 2 fully saturated rings. The lowest BCUT2D eigenvalue weighted by molar-refractivity contribution is -0.134. The molecule has 0 radical (unpaired) electrons. The highest BCUT2D eigenvalue weighted by Gasteiger charge is 2.50. The van der Waals surface area contributed by atoms with Gasteiger partial charge in [-0.3, -0.25) is 4.79 Å². The maximum absolute atomic E-state index is 12.8. The number of amides is 1. The molecule has 0 spiro atoms. The van der Waals surface area contributed by atoms with Crippen LogP contribution in [0, 0.1) is 10.8 Å². The summed E-state index contributed by atoms with van der Waals surface area (Å²) in [7, 11) is 0. The summed E-state index contributed by atoms with van der Waals surface area (Å²) in [5, 5.41) is 0.839. The van der Waals surface area contributed by atoms with Crippen molar-refractivity contribution in [1.29, 1.82) is 0 Å². The quantitative estimate of drug-likeness (QED) is 0.859. The number of hydrogen-bond acceptors (Lipinski definition) is 4. The summed E-state index contributed by atoms with van der Waals surface area (Å²) >= 11 is 0. The van der Waals surface area contributed by atoms with Crippen LogP contribution in [0.4, 0.5) is 0 Å². The van der Waals surface area contributed by atoms with E-state index in [4.69, 9.17) is 4.74 Å². The third kappa shape index (κ3) is 3.08. The van der Waals surface area contributed by atoms with Gasteiger partial charge in [-0.2, -0.15) is 0 Å². The minimum Gasteiger partial charge on any atom is -0.467 e. The van der Waals surface area contributed by atoms with E-state index in [-0.39, 0.29) is 17.9 Å². The number of aromatic nitrogens is 2. The number of likely N-dealkylation sites (tertiary alicyclic amines) is 1. The van der Waals surface area contributed by atoms with Gasteiger partial charge in [-0.1, -0.05) is 32.9 Å². The first-order valence-electron chi connectivity index (χ1n) is 8.97. The molecule has 1 amide bonds. The number of para-hydroxylation sites is 1. The molecule has 25 heavy (non-hydrogen) atoms. The molecule has 2 heterocycles. The smallest absolute Gasteiger partial charge is 0.260 e. The second-order valence-electron chi connectivity index (χ2n) is 8.72. The van der Waals surface area contributed by atoms with Gasteiger partial charge >= 0.3 is 0 Å². The van der Waals surface area contributed by atoms with Gasteiger partial charge in [0.25, 0.3) is 5.91 Å². The summed E-state index contributed by atoms with van der Waals surface area (Å²) in [5.74, 6) is 0.543. The van der Waals surface area contributed by atoms with Gasteiger partial charge in [0.1, 0.15) is 6.33 Å². The zero-order valence-electron chi connectivity index (χ0n) is 15.2. The van der Waals surface area contributed by atoms with Crippen LogP contribution in [0.1, 0.15) is 40.0 Å². The van der Waals surface area contributed by atoms with E-state index in [1.807, 2.05) is 29.2 Å². The van der Waals surface area contributed by atoms with E-state index in [2.05, 4.69) is 30.7 Å². The Morgan fingerprint density at radius 3 is 2.88 bits per heavy atom. The Balaban J connectivity index is 1.48. The lowest BCUT2D eigenvalue weighted by Crippen LogP contribution is -2.40.